The Bertz CT molecular complexity index is 1410. The quantitative estimate of drug-likeness (QED) is 0.235. The van der Waals surface area contributed by atoms with Gasteiger partial charge in [-0.15, -0.1) is 0 Å². The van der Waals surface area contributed by atoms with Crippen molar-refractivity contribution < 1.29 is 14.2 Å². The number of hydrogen-bond donors (Lipinski definition) is 1. The van der Waals surface area contributed by atoms with Gasteiger partial charge in [-0.25, -0.2) is 15.0 Å². The summed E-state index contributed by atoms with van der Waals surface area (Å²) in [5.41, 5.74) is 2.58. The van der Waals surface area contributed by atoms with Gasteiger partial charge >= 0.3 is 0 Å². The van der Waals surface area contributed by atoms with Gasteiger partial charge in [-0.3, -0.25) is 0 Å². The monoisotopic (exact) mass is 579 g/mol. The van der Waals surface area contributed by atoms with Crippen molar-refractivity contribution in [2.45, 2.75) is 56.6 Å². The molecule has 1 aliphatic heterocycles. The first-order valence-electron chi connectivity index (χ1n) is 13.6. The van der Waals surface area contributed by atoms with Crippen LogP contribution in [0.1, 0.15) is 37.7 Å². The Kier molecular flexibility index (Phi) is 8.20. The van der Waals surface area contributed by atoms with Gasteiger partial charge in [-0.1, -0.05) is 48.5 Å². The Morgan fingerprint density at radius 3 is 2.65 bits per heavy atom. The fourth-order valence-corrected chi connectivity index (χ4v) is 5.86. The number of imidazole rings is 1. The molecule has 1 saturated carbocycles. The smallest absolute Gasteiger partial charge is 0.223 e. The topological polar surface area (TPSA) is 83.3 Å². The fourth-order valence-electron chi connectivity index (χ4n) is 5.30. The first-order chi connectivity index (χ1) is 19.6. The molecule has 2 fully saturated rings. The average molecular weight is 581 g/mol. The third kappa shape index (κ3) is 6.25. The van der Waals surface area contributed by atoms with Crippen molar-refractivity contribution in [1.29, 1.82) is 0 Å². The highest BCUT2D eigenvalue weighted by molar-refractivity contribution is 6.35. The minimum atomic E-state index is -1.09. The molecule has 4 aromatic rings. The van der Waals surface area contributed by atoms with Crippen molar-refractivity contribution in [2.75, 3.05) is 18.5 Å². The molecule has 6 rings (SSSR count). The van der Waals surface area contributed by atoms with E-state index in [9.17, 15) is 0 Å². The fraction of sp³-hybridized carbons (Fsp3) is 0.367. The third-order valence-corrected chi connectivity index (χ3v) is 7.88. The zero-order chi connectivity index (χ0) is 27.4. The standard InChI is InChI=1S/C30H31Cl2N5O3/c31-22-8-11-26(27(32)16-22)30(19-37-15-14-33-20-37)39-18-25(40-30)17-38-24-9-6-21(7-10-24)28-12-13-34-29(36-28)35-23-4-2-1-3-5-23/h6-16,20,23,25H,1-5,17-19H2,(H,34,35,36). The lowest BCUT2D eigenvalue weighted by molar-refractivity contribution is -0.189. The largest absolute Gasteiger partial charge is 0.491 e. The number of halogens is 2. The second-order valence-electron chi connectivity index (χ2n) is 10.2. The summed E-state index contributed by atoms with van der Waals surface area (Å²) in [5.74, 6) is 0.332. The number of hydrogen-bond acceptors (Lipinski definition) is 7. The zero-order valence-corrected chi connectivity index (χ0v) is 23.5. The number of aromatic nitrogens is 4. The van der Waals surface area contributed by atoms with Gasteiger partial charge in [0.2, 0.25) is 11.7 Å². The van der Waals surface area contributed by atoms with Crippen LogP contribution in [0.4, 0.5) is 5.95 Å². The van der Waals surface area contributed by atoms with Gasteiger partial charge in [-0.05, 0) is 55.3 Å². The average Bonchev–Trinajstić information content (AvgIpc) is 3.63. The summed E-state index contributed by atoms with van der Waals surface area (Å²) in [6, 6.07) is 15.6. The van der Waals surface area contributed by atoms with Gasteiger partial charge in [0.1, 0.15) is 18.5 Å². The van der Waals surface area contributed by atoms with Crippen molar-refractivity contribution >= 4 is 29.2 Å². The van der Waals surface area contributed by atoms with Crippen LogP contribution in [0.25, 0.3) is 11.3 Å². The normalized spacial score (nSPS) is 21.4. The summed E-state index contributed by atoms with van der Waals surface area (Å²) in [4.78, 5) is 13.3. The van der Waals surface area contributed by atoms with Crippen molar-refractivity contribution in [3.05, 3.63) is 89.1 Å². The number of nitrogens with zero attached hydrogens (tertiary/aromatic N) is 4. The molecule has 10 heteroatoms. The van der Waals surface area contributed by atoms with E-state index in [0.29, 0.717) is 47.4 Å². The molecule has 2 aliphatic rings. The summed E-state index contributed by atoms with van der Waals surface area (Å²) in [6.45, 7) is 1.05. The van der Waals surface area contributed by atoms with E-state index in [-0.39, 0.29) is 6.10 Å². The molecular formula is C30H31Cl2N5O3. The van der Waals surface area contributed by atoms with Crippen LogP contribution in [0.2, 0.25) is 10.0 Å². The van der Waals surface area contributed by atoms with E-state index in [1.165, 1.54) is 32.1 Å². The van der Waals surface area contributed by atoms with E-state index < -0.39 is 5.79 Å². The molecule has 1 saturated heterocycles. The molecule has 3 heterocycles. The lowest BCUT2D eigenvalue weighted by atomic mass is 9.96. The number of anilines is 1. The van der Waals surface area contributed by atoms with Crippen molar-refractivity contribution in [3.63, 3.8) is 0 Å². The van der Waals surface area contributed by atoms with Gasteiger partial charge in [0.05, 0.1) is 30.2 Å². The van der Waals surface area contributed by atoms with Gasteiger partial charge in [0, 0.05) is 40.8 Å². The number of nitrogens with one attached hydrogen (secondary N) is 1. The second kappa shape index (κ2) is 12.1. The van der Waals surface area contributed by atoms with Crippen LogP contribution in [0.3, 0.4) is 0 Å². The van der Waals surface area contributed by atoms with Crippen molar-refractivity contribution in [1.82, 2.24) is 19.5 Å². The van der Waals surface area contributed by atoms with Gasteiger partial charge in [0.15, 0.2) is 0 Å². The van der Waals surface area contributed by atoms with Gasteiger partial charge < -0.3 is 24.1 Å². The highest BCUT2D eigenvalue weighted by Gasteiger charge is 2.45. The molecule has 0 bridgehead atoms. The molecule has 2 aromatic heterocycles. The first-order valence-corrected chi connectivity index (χ1v) is 14.4. The minimum Gasteiger partial charge on any atom is -0.491 e. The molecular weight excluding hydrogens is 549 g/mol. The minimum absolute atomic E-state index is 0.301. The molecule has 1 aliphatic carbocycles. The lowest BCUT2D eigenvalue weighted by Crippen LogP contribution is -2.34. The summed E-state index contributed by atoms with van der Waals surface area (Å²) in [5, 5.41) is 4.53. The predicted octanol–water partition coefficient (Wildman–Crippen LogP) is 6.74. The molecule has 0 amide bonds. The Balaban J connectivity index is 1.10. The van der Waals surface area contributed by atoms with Crippen molar-refractivity contribution in [2.24, 2.45) is 0 Å². The number of benzene rings is 2. The van der Waals surface area contributed by atoms with Crippen LogP contribution in [0.5, 0.6) is 5.75 Å². The Hall–Kier alpha value is -3.17. The van der Waals surface area contributed by atoms with Crippen LogP contribution in [-0.2, 0) is 21.8 Å². The molecule has 1 N–H and O–H groups in total. The third-order valence-electron chi connectivity index (χ3n) is 7.33. The van der Waals surface area contributed by atoms with E-state index in [1.807, 2.05) is 47.2 Å². The summed E-state index contributed by atoms with van der Waals surface area (Å²) >= 11 is 12.7. The van der Waals surface area contributed by atoms with E-state index in [2.05, 4.69) is 15.3 Å². The highest BCUT2D eigenvalue weighted by Crippen LogP contribution is 2.40. The Labute approximate surface area is 243 Å². The van der Waals surface area contributed by atoms with E-state index in [0.717, 1.165) is 17.0 Å². The maximum atomic E-state index is 6.57. The molecule has 2 aromatic carbocycles. The first kappa shape index (κ1) is 27.0. The van der Waals surface area contributed by atoms with Crippen LogP contribution in [-0.4, -0.2) is 44.9 Å². The van der Waals surface area contributed by atoms with Crippen LogP contribution in [0, 0.1) is 0 Å². The van der Waals surface area contributed by atoms with E-state index in [4.69, 9.17) is 42.4 Å². The van der Waals surface area contributed by atoms with Gasteiger partial charge in [0.25, 0.3) is 0 Å². The zero-order valence-electron chi connectivity index (χ0n) is 22.0. The lowest BCUT2D eigenvalue weighted by Gasteiger charge is -2.30. The van der Waals surface area contributed by atoms with Crippen molar-refractivity contribution in [3.8, 4) is 17.0 Å². The molecule has 2 unspecified atom stereocenters. The highest BCUT2D eigenvalue weighted by atomic mass is 35.5. The molecule has 40 heavy (non-hydrogen) atoms. The maximum absolute atomic E-state index is 6.57. The summed E-state index contributed by atoms with van der Waals surface area (Å²) < 4.78 is 20.7. The molecule has 208 valence electrons. The van der Waals surface area contributed by atoms with E-state index >= 15 is 0 Å². The maximum Gasteiger partial charge on any atom is 0.223 e. The SMILES string of the molecule is Clc1ccc(C2(Cn3ccnc3)OCC(COc3ccc(-c4ccnc(NC5CCCCC5)n4)cc3)O2)c(Cl)c1. The molecule has 8 nitrogen and oxygen atoms in total. The van der Waals surface area contributed by atoms with Gasteiger partial charge in [-0.2, -0.15) is 0 Å². The summed E-state index contributed by atoms with van der Waals surface area (Å²) in [6.07, 6.45) is 13.0. The van der Waals surface area contributed by atoms with Crippen LogP contribution >= 0.6 is 23.2 Å². The second-order valence-corrected chi connectivity index (χ2v) is 11.1. The van der Waals surface area contributed by atoms with Crippen LogP contribution in [0.15, 0.2) is 73.4 Å². The summed E-state index contributed by atoms with van der Waals surface area (Å²) in [7, 11) is 0. The Morgan fingerprint density at radius 1 is 1.02 bits per heavy atom. The molecule has 0 spiro atoms. The number of rotatable bonds is 9. The molecule has 0 radical (unpaired) electrons. The predicted molar refractivity (Wildman–Crippen MR) is 155 cm³/mol. The van der Waals surface area contributed by atoms with Crippen LogP contribution < -0.4 is 10.1 Å². The number of ether oxygens (including phenoxy) is 3. The molecule has 2 atom stereocenters. The Morgan fingerprint density at radius 2 is 1.88 bits per heavy atom. The van der Waals surface area contributed by atoms with E-state index in [1.54, 1.807) is 30.9 Å².